The van der Waals surface area contributed by atoms with Gasteiger partial charge in [0.05, 0.1) is 0 Å². The first kappa shape index (κ1) is 14.1. The molecule has 4 nitrogen and oxygen atoms in total. The summed E-state index contributed by atoms with van der Waals surface area (Å²) in [6.45, 7) is 0.779. The molecule has 0 radical (unpaired) electrons. The quantitative estimate of drug-likeness (QED) is 0.820. The van der Waals surface area contributed by atoms with Gasteiger partial charge in [0.1, 0.15) is 18.0 Å². The number of rotatable bonds is 5. The van der Waals surface area contributed by atoms with E-state index < -0.39 is 0 Å². The van der Waals surface area contributed by atoms with E-state index in [4.69, 9.17) is 0 Å². The Morgan fingerprint density at radius 3 is 2.68 bits per heavy atom. The highest BCUT2D eigenvalue weighted by Gasteiger charge is 2.06. The predicted molar refractivity (Wildman–Crippen MR) is 86.6 cm³/mol. The Kier molecular flexibility index (Phi) is 5.04. The summed E-state index contributed by atoms with van der Waals surface area (Å²) in [5, 5.41) is 3.19. The van der Waals surface area contributed by atoms with E-state index in [1.807, 2.05) is 42.3 Å². The Hall–Kier alpha value is -1.27. The molecule has 1 heterocycles. The van der Waals surface area contributed by atoms with Gasteiger partial charge in [-0.15, -0.1) is 0 Å². The van der Waals surface area contributed by atoms with Crippen molar-refractivity contribution in [2.45, 2.75) is 0 Å². The minimum atomic E-state index is 0.766. The average molecular weight is 339 g/mol. The standard InChI is InChI=1S/C13H15BrN4S/c1-18(11-4-2-10(14)3-5-11)13-8-12(15-6-7-19)16-9-17-13/h2-5,8-9,19H,6-7H2,1H3,(H,15,16,17). The molecule has 0 saturated carbocycles. The number of aromatic nitrogens is 2. The lowest BCUT2D eigenvalue weighted by atomic mass is 10.3. The number of halogens is 1. The van der Waals surface area contributed by atoms with Gasteiger partial charge in [0, 0.05) is 35.6 Å². The predicted octanol–water partition coefficient (Wildman–Crippen LogP) is 3.35. The van der Waals surface area contributed by atoms with Crippen LogP contribution in [0.4, 0.5) is 17.3 Å². The number of nitrogens with zero attached hydrogens (tertiary/aromatic N) is 3. The summed E-state index contributed by atoms with van der Waals surface area (Å²) < 4.78 is 1.06. The first-order chi connectivity index (χ1) is 9.20. The van der Waals surface area contributed by atoms with Gasteiger partial charge in [0.15, 0.2) is 0 Å². The Morgan fingerprint density at radius 1 is 1.26 bits per heavy atom. The van der Waals surface area contributed by atoms with Gasteiger partial charge >= 0.3 is 0 Å². The maximum absolute atomic E-state index is 4.29. The molecular formula is C13H15BrN4S. The number of hydrogen-bond donors (Lipinski definition) is 2. The van der Waals surface area contributed by atoms with Crippen LogP contribution in [0.2, 0.25) is 0 Å². The van der Waals surface area contributed by atoms with Gasteiger partial charge in [0.25, 0.3) is 0 Å². The van der Waals surface area contributed by atoms with E-state index in [1.165, 1.54) is 0 Å². The van der Waals surface area contributed by atoms with Crippen molar-refractivity contribution in [3.63, 3.8) is 0 Å². The summed E-state index contributed by atoms with van der Waals surface area (Å²) in [7, 11) is 1.98. The molecule has 1 aromatic heterocycles. The minimum absolute atomic E-state index is 0.766. The average Bonchev–Trinajstić information content (AvgIpc) is 2.45. The van der Waals surface area contributed by atoms with Crippen LogP contribution < -0.4 is 10.2 Å². The van der Waals surface area contributed by atoms with Crippen LogP contribution in [-0.2, 0) is 0 Å². The fraction of sp³-hybridized carbons (Fsp3) is 0.231. The first-order valence-electron chi connectivity index (χ1n) is 5.87. The molecule has 0 fully saturated rings. The van der Waals surface area contributed by atoms with Crippen LogP contribution in [0, 0.1) is 0 Å². The molecule has 2 rings (SSSR count). The third kappa shape index (κ3) is 3.84. The Labute approximate surface area is 126 Å². The molecular weight excluding hydrogens is 324 g/mol. The maximum Gasteiger partial charge on any atom is 0.138 e. The smallest absolute Gasteiger partial charge is 0.138 e. The van der Waals surface area contributed by atoms with E-state index in [-0.39, 0.29) is 0 Å². The van der Waals surface area contributed by atoms with Crippen LogP contribution >= 0.6 is 28.6 Å². The molecule has 2 aromatic rings. The maximum atomic E-state index is 4.29. The lowest BCUT2D eigenvalue weighted by Gasteiger charge is -2.18. The van der Waals surface area contributed by atoms with Crippen LogP contribution in [0.15, 0.2) is 41.1 Å². The number of anilines is 3. The Bertz CT molecular complexity index is 532. The largest absolute Gasteiger partial charge is 0.369 e. The number of benzene rings is 1. The Balaban J connectivity index is 2.18. The van der Waals surface area contributed by atoms with E-state index in [0.717, 1.165) is 34.1 Å². The highest BCUT2D eigenvalue weighted by atomic mass is 79.9. The molecule has 100 valence electrons. The molecule has 0 atom stereocenters. The van der Waals surface area contributed by atoms with Gasteiger partial charge in [-0.3, -0.25) is 0 Å². The molecule has 1 aromatic carbocycles. The van der Waals surface area contributed by atoms with Crippen molar-refractivity contribution in [1.29, 1.82) is 0 Å². The van der Waals surface area contributed by atoms with Gasteiger partial charge in [-0.1, -0.05) is 15.9 Å². The van der Waals surface area contributed by atoms with Crippen molar-refractivity contribution < 1.29 is 0 Å². The second kappa shape index (κ2) is 6.77. The second-order valence-corrected chi connectivity index (χ2v) is 5.31. The minimum Gasteiger partial charge on any atom is -0.369 e. The van der Waals surface area contributed by atoms with E-state index in [9.17, 15) is 0 Å². The molecule has 0 aliphatic carbocycles. The van der Waals surface area contributed by atoms with Crippen molar-refractivity contribution in [2.75, 3.05) is 29.6 Å². The number of nitrogens with one attached hydrogen (secondary N) is 1. The van der Waals surface area contributed by atoms with Crippen LogP contribution in [0.3, 0.4) is 0 Å². The molecule has 0 aliphatic heterocycles. The van der Waals surface area contributed by atoms with Crippen LogP contribution in [0.5, 0.6) is 0 Å². The molecule has 0 saturated heterocycles. The van der Waals surface area contributed by atoms with Crippen molar-refractivity contribution in [3.05, 3.63) is 41.1 Å². The molecule has 0 bridgehead atoms. The summed E-state index contributed by atoms with van der Waals surface area (Å²) in [4.78, 5) is 10.5. The summed E-state index contributed by atoms with van der Waals surface area (Å²) in [6.07, 6.45) is 1.56. The van der Waals surface area contributed by atoms with Gasteiger partial charge in [-0.2, -0.15) is 12.6 Å². The monoisotopic (exact) mass is 338 g/mol. The fourth-order valence-electron chi connectivity index (χ4n) is 1.61. The summed E-state index contributed by atoms with van der Waals surface area (Å²) in [5.74, 6) is 2.42. The highest BCUT2D eigenvalue weighted by molar-refractivity contribution is 9.10. The van der Waals surface area contributed by atoms with Crippen molar-refractivity contribution in [2.24, 2.45) is 0 Å². The lowest BCUT2D eigenvalue weighted by molar-refractivity contribution is 1.06. The van der Waals surface area contributed by atoms with Gasteiger partial charge < -0.3 is 10.2 Å². The summed E-state index contributed by atoms with van der Waals surface area (Å²) in [5.41, 5.74) is 1.07. The highest BCUT2D eigenvalue weighted by Crippen LogP contribution is 2.24. The molecule has 6 heteroatoms. The van der Waals surface area contributed by atoms with Gasteiger partial charge in [0.2, 0.25) is 0 Å². The third-order valence-electron chi connectivity index (χ3n) is 2.63. The van der Waals surface area contributed by atoms with E-state index in [2.05, 4.69) is 43.8 Å². The van der Waals surface area contributed by atoms with Crippen LogP contribution in [0.1, 0.15) is 0 Å². The SMILES string of the molecule is CN(c1ccc(Br)cc1)c1cc(NCCS)ncn1. The van der Waals surface area contributed by atoms with Crippen molar-refractivity contribution >= 4 is 45.9 Å². The molecule has 0 unspecified atom stereocenters. The van der Waals surface area contributed by atoms with E-state index in [1.54, 1.807) is 6.33 Å². The zero-order valence-corrected chi connectivity index (χ0v) is 13.0. The topological polar surface area (TPSA) is 41.0 Å². The lowest BCUT2D eigenvalue weighted by Crippen LogP contribution is -2.12. The zero-order chi connectivity index (χ0) is 13.7. The van der Waals surface area contributed by atoms with Gasteiger partial charge in [-0.25, -0.2) is 9.97 Å². The first-order valence-corrected chi connectivity index (χ1v) is 7.29. The van der Waals surface area contributed by atoms with Crippen molar-refractivity contribution in [3.8, 4) is 0 Å². The number of hydrogen-bond acceptors (Lipinski definition) is 5. The van der Waals surface area contributed by atoms with E-state index in [0.29, 0.717) is 0 Å². The third-order valence-corrected chi connectivity index (χ3v) is 3.38. The summed E-state index contributed by atoms with van der Waals surface area (Å²) in [6, 6.07) is 10.0. The van der Waals surface area contributed by atoms with E-state index >= 15 is 0 Å². The molecule has 1 N–H and O–H groups in total. The summed E-state index contributed by atoms with van der Waals surface area (Å²) >= 11 is 7.59. The second-order valence-electron chi connectivity index (χ2n) is 3.95. The number of thiol groups is 1. The normalized spacial score (nSPS) is 10.3. The molecule has 0 spiro atoms. The zero-order valence-electron chi connectivity index (χ0n) is 10.5. The molecule has 0 amide bonds. The Morgan fingerprint density at radius 2 is 2.00 bits per heavy atom. The van der Waals surface area contributed by atoms with Crippen LogP contribution in [-0.4, -0.2) is 29.3 Å². The molecule has 0 aliphatic rings. The molecule has 19 heavy (non-hydrogen) atoms. The van der Waals surface area contributed by atoms with Crippen LogP contribution in [0.25, 0.3) is 0 Å². The van der Waals surface area contributed by atoms with Crippen molar-refractivity contribution in [1.82, 2.24) is 9.97 Å². The van der Waals surface area contributed by atoms with Gasteiger partial charge in [-0.05, 0) is 24.3 Å². The fourth-order valence-corrected chi connectivity index (χ4v) is 1.98.